The van der Waals surface area contributed by atoms with Crippen LogP contribution >= 0.6 is 0 Å². The van der Waals surface area contributed by atoms with E-state index in [4.69, 9.17) is 0 Å². The molecule has 3 rings (SSSR count). The molecular weight excluding hydrogens is 312 g/mol. The number of carbonyl (C=O) groups is 2. The summed E-state index contributed by atoms with van der Waals surface area (Å²) in [6, 6.07) is 11.5. The summed E-state index contributed by atoms with van der Waals surface area (Å²) in [6.45, 7) is 10.6. The predicted molar refractivity (Wildman–Crippen MR) is 99.0 cm³/mol. The van der Waals surface area contributed by atoms with Crippen LogP contribution in [0.3, 0.4) is 0 Å². The number of rotatable bonds is 4. The van der Waals surface area contributed by atoms with Crippen molar-refractivity contribution in [2.24, 2.45) is 0 Å². The molecule has 4 heteroatoms. The Bertz CT molecular complexity index is 825. The van der Waals surface area contributed by atoms with Gasteiger partial charge in [-0.2, -0.15) is 0 Å². The highest BCUT2D eigenvalue weighted by atomic mass is 16.2. The average Bonchev–Trinajstić information content (AvgIpc) is 2.79. The van der Waals surface area contributed by atoms with E-state index in [1.54, 1.807) is 6.07 Å². The third-order valence-electron chi connectivity index (χ3n) is 4.64. The minimum atomic E-state index is -0.193. The Morgan fingerprint density at radius 1 is 1.08 bits per heavy atom. The number of benzene rings is 2. The van der Waals surface area contributed by atoms with Gasteiger partial charge in [0.2, 0.25) is 5.91 Å². The molecule has 0 fully saturated rings. The van der Waals surface area contributed by atoms with E-state index in [0.29, 0.717) is 17.8 Å². The molecule has 0 aliphatic carbocycles. The lowest BCUT2D eigenvalue weighted by Gasteiger charge is -2.18. The molecule has 1 N–H and O–H groups in total. The maximum absolute atomic E-state index is 12.4. The Hall–Kier alpha value is -2.88. The van der Waals surface area contributed by atoms with Gasteiger partial charge in [-0.25, -0.2) is 0 Å². The molecule has 2 amide bonds. The Morgan fingerprint density at radius 3 is 2.28 bits per heavy atom. The number of fused-ring (bicyclic) bond motifs is 1. The summed E-state index contributed by atoms with van der Waals surface area (Å²) in [7, 11) is 0. The molecule has 128 valence electrons. The zero-order valence-corrected chi connectivity index (χ0v) is 14.8. The van der Waals surface area contributed by atoms with E-state index in [9.17, 15) is 9.59 Å². The Labute approximate surface area is 148 Å². The van der Waals surface area contributed by atoms with Gasteiger partial charge in [0.15, 0.2) is 0 Å². The van der Waals surface area contributed by atoms with Crippen LogP contribution in [-0.4, -0.2) is 23.3 Å². The monoisotopic (exact) mass is 334 g/mol. The average molecular weight is 334 g/mol. The van der Waals surface area contributed by atoms with Crippen molar-refractivity contribution in [3.63, 3.8) is 0 Å². The van der Waals surface area contributed by atoms with Crippen molar-refractivity contribution in [1.29, 1.82) is 0 Å². The number of nitrogens with one attached hydrogen (secondary N) is 1. The van der Waals surface area contributed by atoms with Gasteiger partial charge < -0.3 is 5.32 Å². The summed E-state index contributed by atoms with van der Waals surface area (Å²) in [6.07, 6.45) is 0. The molecule has 0 atom stereocenters. The number of nitrogens with zero attached hydrogens (tertiary/aromatic N) is 1. The largest absolute Gasteiger partial charge is 0.350 e. The molecule has 1 aliphatic heterocycles. The highest BCUT2D eigenvalue weighted by Crippen LogP contribution is 2.30. The predicted octanol–water partition coefficient (Wildman–Crippen LogP) is 3.35. The zero-order valence-electron chi connectivity index (χ0n) is 14.8. The van der Waals surface area contributed by atoms with Crippen LogP contribution < -0.4 is 5.32 Å². The molecule has 4 nitrogen and oxygen atoms in total. The second-order valence-electron chi connectivity index (χ2n) is 6.54. The highest BCUT2D eigenvalue weighted by Gasteiger charge is 2.31. The van der Waals surface area contributed by atoms with Crippen molar-refractivity contribution in [3.8, 4) is 0 Å². The van der Waals surface area contributed by atoms with Gasteiger partial charge in [-0.1, -0.05) is 42.5 Å². The topological polar surface area (TPSA) is 49.4 Å². The molecule has 0 spiro atoms. The van der Waals surface area contributed by atoms with Crippen molar-refractivity contribution >= 4 is 17.5 Å². The Kier molecular flexibility index (Phi) is 4.45. The first kappa shape index (κ1) is 17.0. The highest BCUT2D eigenvalue weighted by molar-refractivity contribution is 6.10. The third-order valence-corrected chi connectivity index (χ3v) is 4.64. The quantitative estimate of drug-likeness (QED) is 0.932. The van der Waals surface area contributed by atoms with E-state index < -0.39 is 0 Å². The van der Waals surface area contributed by atoms with Crippen molar-refractivity contribution in [2.45, 2.75) is 27.3 Å². The molecule has 0 saturated heterocycles. The summed E-state index contributed by atoms with van der Waals surface area (Å²) in [4.78, 5) is 26.2. The lowest BCUT2D eigenvalue weighted by atomic mass is 10.00. The van der Waals surface area contributed by atoms with Gasteiger partial charge in [-0.3, -0.25) is 14.5 Å². The first-order valence-electron chi connectivity index (χ1n) is 8.32. The fourth-order valence-electron chi connectivity index (χ4n) is 3.38. The minimum absolute atomic E-state index is 0.0176. The second-order valence-corrected chi connectivity index (χ2v) is 6.54. The molecule has 0 bridgehead atoms. The molecule has 0 saturated carbocycles. The van der Waals surface area contributed by atoms with Gasteiger partial charge in [-0.05, 0) is 43.5 Å². The smallest absolute Gasteiger partial charge is 0.259 e. The normalized spacial score (nSPS) is 13.2. The summed E-state index contributed by atoms with van der Waals surface area (Å²) >= 11 is 0. The lowest BCUT2D eigenvalue weighted by Crippen LogP contribution is -2.36. The summed E-state index contributed by atoms with van der Waals surface area (Å²) in [5.74, 6) is -0.361. The summed E-state index contributed by atoms with van der Waals surface area (Å²) < 4.78 is 0. The number of carbonyl (C=O) groups excluding carboxylic acids is 2. The molecule has 0 radical (unpaired) electrons. The summed E-state index contributed by atoms with van der Waals surface area (Å²) in [5.41, 5.74) is 6.63. The number of hydrogen-bond acceptors (Lipinski definition) is 2. The van der Waals surface area contributed by atoms with E-state index in [1.165, 1.54) is 10.5 Å². The molecule has 0 unspecified atom stereocenters. The molecule has 2 aromatic carbocycles. The number of aryl methyl sites for hydroxylation is 3. The van der Waals surface area contributed by atoms with Gasteiger partial charge in [0.25, 0.3) is 5.91 Å². The fraction of sp³-hybridized carbons (Fsp3) is 0.238. The second kappa shape index (κ2) is 6.55. The van der Waals surface area contributed by atoms with Crippen LogP contribution in [0.5, 0.6) is 0 Å². The van der Waals surface area contributed by atoms with Crippen LogP contribution in [0.25, 0.3) is 5.70 Å². The van der Waals surface area contributed by atoms with Crippen molar-refractivity contribution in [2.75, 3.05) is 6.54 Å². The molecule has 25 heavy (non-hydrogen) atoms. The molecule has 1 heterocycles. The first-order valence-corrected chi connectivity index (χ1v) is 8.32. The maximum Gasteiger partial charge on any atom is 0.259 e. The molecule has 0 aromatic heterocycles. The van der Waals surface area contributed by atoms with E-state index in [0.717, 1.165) is 22.3 Å². The summed E-state index contributed by atoms with van der Waals surface area (Å²) in [5, 5.41) is 2.92. The van der Waals surface area contributed by atoms with Gasteiger partial charge >= 0.3 is 0 Å². The van der Waals surface area contributed by atoms with Crippen LogP contribution in [0.4, 0.5) is 0 Å². The van der Waals surface area contributed by atoms with Crippen molar-refractivity contribution in [1.82, 2.24) is 10.2 Å². The standard InChI is InChI=1S/C21H22N2O2/c1-13-9-14(2)19(15(3)10-13)11-22-20(24)12-23-16(4)17-7-5-6-8-18(17)21(23)25/h5-10H,4,11-12H2,1-3H3,(H,22,24). The van der Waals surface area contributed by atoms with Crippen LogP contribution in [0.2, 0.25) is 0 Å². The van der Waals surface area contributed by atoms with Crippen molar-refractivity contribution in [3.05, 3.63) is 76.4 Å². The van der Waals surface area contributed by atoms with Gasteiger partial charge in [0.05, 0.1) is 0 Å². The molecule has 2 aromatic rings. The maximum atomic E-state index is 12.4. The van der Waals surface area contributed by atoms with E-state index >= 15 is 0 Å². The van der Waals surface area contributed by atoms with Crippen LogP contribution in [0.1, 0.15) is 38.2 Å². The Morgan fingerprint density at radius 2 is 1.68 bits per heavy atom. The van der Waals surface area contributed by atoms with Crippen LogP contribution in [0.15, 0.2) is 43.0 Å². The zero-order chi connectivity index (χ0) is 18.1. The van der Waals surface area contributed by atoms with Crippen molar-refractivity contribution < 1.29 is 9.59 Å². The Balaban J connectivity index is 1.67. The SMILES string of the molecule is C=C1c2ccccc2C(=O)N1CC(=O)NCc1c(C)cc(C)cc1C. The van der Waals surface area contributed by atoms with Gasteiger partial charge in [-0.15, -0.1) is 0 Å². The number of hydrogen-bond donors (Lipinski definition) is 1. The lowest BCUT2D eigenvalue weighted by molar-refractivity contribution is -0.121. The minimum Gasteiger partial charge on any atom is -0.350 e. The van der Waals surface area contributed by atoms with Crippen LogP contribution in [0, 0.1) is 20.8 Å². The molecule has 1 aliphatic rings. The van der Waals surface area contributed by atoms with E-state index in [-0.39, 0.29) is 18.4 Å². The van der Waals surface area contributed by atoms with E-state index in [1.807, 2.05) is 32.0 Å². The van der Waals surface area contributed by atoms with Crippen LogP contribution in [-0.2, 0) is 11.3 Å². The van der Waals surface area contributed by atoms with E-state index in [2.05, 4.69) is 31.0 Å². The van der Waals surface area contributed by atoms with Gasteiger partial charge in [0.1, 0.15) is 6.54 Å². The molecular formula is C21H22N2O2. The third kappa shape index (κ3) is 3.20. The van der Waals surface area contributed by atoms with Gasteiger partial charge in [0, 0.05) is 23.4 Å². The fourth-order valence-corrected chi connectivity index (χ4v) is 3.38. The number of amides is 2. The first-order chi connectivity index (χ1) is 11.9.